The predicted octanol–water partition coefficient (Wildman–Crippen LogP) is 3.63. The number of fused-ring (bicyclic) bond motifs is 1. The summed E-state index contributed by atoms with van der Waals surface area (Å²) in [7, 11) is 3.86. The van der Waals surface area contributed by atoms with Crippen molar-refractivity contribution in [1.29, 1.82) is 0 Å². The molecule has 8 heteroatoms. The van der Waals surface area contributed by atoms with Gasteiger partial charge in [0.15, 0.2) is 5.16 Å². The Labute approximate surface area is 192 Å². The second-order valence-corrected chi connectivity index (χ2v) is 8.32. The third-order valence-electron chi connectivity index (χ3n) is 5.39. The van der Waals surface area contributed by atoms with Crippen LogP contribution in [0.5, 0.6) is 5.75 Å². The van der Waals surface area contributed by atoms with E-state index in [1.54, 1.807) is 11.1 Å². The highest BCUT2D eigenvalue weighted by Gasteiger charge is 2.28. The topological polar surface area (TPSA) is 70.6 Å². The Hall–Kier alpha value is -3.10. The molecule has 0 radical (unpaired) electrons. The minimum Gasteiger partial charge on any atom is -0.484 e. The molecule has 4 rings (SSSR count). The van der Waals surface area contributed by atoms with Gasteiger partial charge < -0.3 is 19.9 Å². The SMILES string of the molecule is CNCC(Oc1cccc(N2CCN(C)c3nc(SC)ncc3C2=O)c1)c1ccccc1. The van der Waals surface area contributed by atoms with Crippen molar-refractivity contribution in [1.82, 2.24) is 15.3 Å². The molecule has 0 saturated carbocycles. The van der Waals surface area contributed by atoms with E-state index >= 15 is 0 Å². The first-order valence-corrected chi connectivity index (χ1v) is 11.7. The molecular formula is C24H27N5O2S. The van der Waals surface area contributed by atoms with Gasteiger partial charge in [0.05, 0.1) is 0 Å². The summed E-state index contributed by atoms with van der Waals surface area (Å²) >= 11 is 1.46. The molecular weight excluding hydrogens is 422 g/mol. The van der Waals surface area contributed by atoms with Crippen molar-refractivity contribution in [3.05, 3.63) is 71.9 Å². The third kappa shape index (κ3) is 4.71. The van der Waals surface area contributed by atoms with Gasteiger partial charge in [0.25, 0.3) is 5.91 Å². The molecule has 0 bridgehead atoms. The fraction of sp³-hybridized carbons (Fsp3) is 0.292. The molecule has 2 aromatic carbocycles. The van der Waals surface area contributed by atoms with Crippen LogP contribution in [0.2, 0.25) is 0 Å². The van der Waals surface area contributed by atoms with Crippen molar-refractivity contribution in [2.24, 2.45) is 0 Å². The van der Waals surface area contributed by atoms with E-state index in [4.69, 9.17) is 4.74 Å². The van der Waals surface area contributed by atoms with E-state index in [2.05, 4.69) is 27.4 Å². The Morgan fingerprint density at radius 2 is 1.97 bits per heavy atom. The van der Waals surface area contributed by atoms with Gasteiger partial charge in [0, 0.05) is 44.6 Å². The average Bonchev–Trinajstić information content (AvgIpc) is 2.95. The van der Waals surface area contributed by atoms with Crippen LogP contribution in [0.3, 0.4) is 0 Å². The number of aromatic nitrogens is 2. The maximum absolute atomic E-state index is 13.4. The summed E-state index contributed by atoms with van der Waals surface area (Å²) < 4.78 is 6.32. The number of amides is 1. The van der Waals surface area contributed by atoms with Crippen molar-refractivity contribution in [3.63, 3.8) is 0 Å². The number of nitrogens with one attached hydrogen (secondary N) is 1. The van der Waals surface area contributed by atoms with Crippen LogP contribution >= 0.6 is 11.8 Å². The number of benzene rings is 2. The smallest absolute Gasteiger partial charge is 0.263 e. The number of carbonyl (C=O) groups is 1. The first kappa shape index (κ1) is 22.1. The van der Waals surface area contributed by atoms with Gasteiger partial charge in [-0.2, -0.15) is 0 Å². The van der Waals surface area contributed by atoms with Crippen molar-refractivity contribution in [2.75, 3.05) is 49.8 Å². The summed E-state index contributed by atoms with van der Waals surface area (Å²) in [5.74, 6) is 1.28. The highest BCUT2D eigenvalue weighted by atomic mass is 32.2. The zero-order valence-electron chi connectivity index (χ0n) is 18.5. The molecule has 3 aromatic rings. The van der Waals surface area contributed by atoms with Gasteiger partial charge in [-0.25, -0.2) is 9.97 Å². The van der Waals surface area contributed by atoms with E-state index in [1.165, 1.54) is 11.8 Å². The van der Waals surface area contributed by atoms with Crippen LogP contribution in [0.25, 0.3) is 0 Å². The van der Waals surface area contributed by atoms with Crippen molar-refractivity contribution in [3.8, 4) is 5.75 Å². The van der Waals surface area contributed by atoms with Gasteiger partial charge >= 0.3 is 0 Å². The number of anilines is 2. The van der Waals surface area contributed by atoms with Crippen molar-refractivity contribution in [2.45, 2.75) is 11.3 Å². The van der Waals surface area contributed by atoms with Gasteiger partial charge in [-0.3, -0.25) is 4.79 Å². The van der Waals surface area contributed by atoms with Crippen LogP contribution < -0.4 is 19.9 Å². The molecule has 1 aliphatic rings. The standard InChI is InChI=1S/C24H27N5O2S/c1-25-16-21(17-8-5-4-6-9-17)31-19-11-7-10-18(14-19)29-13-12-28(2)22-20(23(29)30)15-26-24(27-22)32-3/h4-11,14-15,21,25H,12-13,16H2,1-3H3. The minimum atomic E-state index is -0.137. The molecule has 1 N–H and O–H groups in total. The first-order valence-electron chi connectivity index (χ1n) is 10.5. The van der Waals surface area contributed by atoms with E-state index < -0.39 is 0 Å². The summed E-state index contributed by atoms with van der Waals surface area (Å²) in [6.07, 6.45) is 3.42. The highest BCUT2D eigenvalue weighted by Crippen LogP contribution is 2.30. The second-order valence-electron chi connectivity index (χ2n) is 7.54. The van der Waals surface area contributed by atoms with E-state index in [-0.39, 0.29) is 12.0 Å². The number of rotatable bonds is 7. The molecule has 7 nitrogen and oxygen atoms in total. The molecule has 1 aromatic heterocycles. The van der Waals surface area contributed by atoms with Gasteiger partial charge in [0.1, 0.15) is 23.2 Å². The monoisotopic (exact) mass is 449 g/mol. The Balaban J connectivity index is 1.61. The van der Waals surface area contributed by atoms with E-state index in [9.17, 15) is 4.79 Å². The number of thioether (sulfide) groups is 1. The van der Waals surface area contributed by atoms with E-state index in [0.717, 1.165) is 11.3 Å². The second kappa shape index (κ2) is 10.0. The summed E-state index contributed by atoms with van der Waals surface area (Å²) in [5.41, 5.74) is 2.39. The maximum Gasteiger partial charge on any atom is 0.263 e. The number of nitrogens with zero attached hydrogens (tertiary/aromatic N) is 4. The van der Waals surface area contributed by atoms with Gasteiger partial charge in [0.2, 0.25) is 0 Å². The van der Waals surface area contributed by atoms with Crippen LogP contribution in [0.15, 0.2) is 66.0 Å². The van der Waals surface area contributed by atoms with Gasteiger partial charge in [-0.05, 0) is 31.0 Å². The average molecular weight is 450 g/mol. The molecule has 166 valence electrons. The lowest BCUT2D eigenvalue weighted by molar-refractivity contribution is 0.0989. The number of carbonyl (C=O) groups excluding carboxylic acids is 1. The minimum absolute atomic E-state index is 0.107. The van der Waals surface area contributed by atoms with Crippen LogP contribution in [0, 0.1) is 0 Å². The van der Waals surface area contributed by atoms with Crippen LogP contribution in [-0.4, -0.2) is 55.9 Å². The number of likely N-dealkylation sites (N-methyl/N-ethyl adjacent to an activating group) is 2. The Kier molecular flexibility index (Phi) is 6.92. The molecule has 1 aliphatic heterocycles. The first-order chi connectivity index (χ1) is 15.6. The Morgan fingerprint density at radius 3 is 2.72 bits per heavy atom. The fourth-order valence-electron chi connectivity index (χ4n) is 3.72. The fourth-order valence-corrected chi connectivity index (χ4v) is 4.05. The maximum atomic E-state index is 13.4. The summed E-state index contributed by atoms with van der Waals surface area (Å²) in [4.78, 5) is 26.1. The number of hydrogen-bond donors (Lipinski definition) is 1. The molecule has 0 aliphatic carbocycles. The summed E-state index contributed by atoms with van der Waals surface area (Å²) in [6.45, 7) is 1.88. The Morgan fingerprint density at radius 1 is 1.16 bits per heavy atom. The normalized spacial score (nSPS) is 14.7. The quantitative estimate of drug-likeness (QED) is 0.436. The lowest BCUT2D eigenvalue weighted by Gasteiger charge is -2.23. The molecule has 1 unspecified atom stereocenters. The zero-order chi connectivity index (χ0) is 22.5. The van der Waals surface area contributed by atoms with Crippen molar-refractivity contribution >= 4 is 29.2 Å². The molecule has 1 atom stereocenters. The largest absolute Gasteiger partial charge is 0.484 e. The number of ether oxygens (including phenoxy) is 1. The molecule has 32 heavy (non-hydrogen) atoms. The Bertz CT molecular complexity index is 1080. The van der Waals surface area contributed by atoms with Crippen LogP contribution in [-0.2, 0) is 0 Å². The summed E-state index contributed by atoms with van der Waals surface area (Å²) in [5, 5.41) is 3.85. The van der Waals surface area contributed by atoms with E-state index in [1.807, 2.05) is 67.7 Å². The van der Waals surface area contributed by atoms with Crippen LogP contribution in [0.4, 0.5) is 11.5 Å². The molecule has 2 heterocycles. The van der Waals surface area contributed by atoms with E-state index in [0.29, 0.717) is 41.9 Å². The van der Waals surface area contributed by atoms with Gasteiger partial charge in [-0.1, -0.05) is 48.2 Å². The molecule has 0 fully saturated rings. The van der Waals surface area contributed by atoms with Crippen molar-refractivity contribution < 1.29 is 9.53 Å². The number of hydrogen-bond acceptors (Lipinski definition) is 7. The summed E-state index contributed by atoms with van der Waals surface area (Å²) in [6, 6.07) is 17.8. The lowest BCUT2D eigenvalue weighted by atomic mass is 10.1. The predicted molar refractivity (Wildman–Crippen MR) is 129 cm³/mol. The zero-order valence-corrected chi connectivity index (χ0v) is 19.3. The van der Waals surface area contributed by atoms with Gasteiger partial charge in [-0.15, -0.1) is 0 Å². The highest BCUT2D eigenvalue weighted by molar-refractivity contribution is 7.98. The molecule has 0 saturated heterocycles. The lowest BCUT2D eigenvalue weighted by Crippen LogP contribution is -2.33. The third-order valence-corrected chi connectivity index (χ3v) is 5.96. The van der Waals surface area contributed by atoms with Crippen LogP contribution in [0.1, 0.15) is 22.0 Å². The molecule has 1 amide bonds. The molecule has 0 spiro atoms.